The number of nitrogens with zero attached hydrogens (tertiary/aromatic N) is 2. The van der Waals surface area contributed by atoms with Crippen molar-refractivity contribution in [1.29, 1.82) is 0 Å². The van der Waals surface area contributed by atoms with E-state index < -0.39 is 0 Å². The Bertz CT molecular complexity index is 1360. The van der Waals surface area contributed by atoms with Crippen LogP contribution in [-0.4, -0.2) is 11.4 Å². The molecule has 2 rings (SSSR count). The fourth-order valence-corrected chi connectivity index (χ4v) is 7.84. The van der Waals surface area contributed by atoms with Gasteiger partial charge in [-0.05, 0) is 123 Å². The van der Waals surface area contributed by atoms with E-state index in [4.69, 9.17) is 9.98 Å². The van der Waals surface area contributed by atoms with Crippen LogP contribution in [0.15, 0.2) is 46.4 Å². The summed E-state index contributed by atoms with van der Waals surface area (Å²) in [6.07, 6.45) is 41.7. The molecule has 0 amide bonds. The van der Waals surface area contributed by atoms with Crippen LogP contribution in [0.3, 0.4) is 0 Å². The minimum atomic E-state index is 0. The summed E-state index contributed by atoms with van der Waals surface area (Å²) in [4.78, 5) is 11.0. The topological polar surface area (TPSA) is 24.7 Å². The van der Waals surface area contributed by atoms with Crippen LogP contribution in [0.2, 0.25) is 0 Å². The Hall–Kier alpha value is -2.00. The van der Waals surface area contributed by atoms with Crippen molar-refractivity contribution in [2.75, 3.05) is 0 Å². The largest absolute Gasteiger partial charge is 0.250 e. The first-order valence-corrected chi connectivity index (χ1v) is 25.0. The van der Waals surface area contributed by atoms with Gasteiger partial charge < -0.3 is 0 Å². The summed E-state index contributed by atoms with van der Waals surface area (Å²) in [6.45, 7) is 13.8. The average Bonchev–Trinajstić information content (AvgIpc) is 3.22. The van der Waals surface area contributed by atoms with Gasteiger partial charge in [-0.1, -0.05) is 194 Å². The first kappa shape index (κ1) is 54.0. The summed E-state index contributed by atoms with van der Waals surface area (Å²) >= 11 is 0. The van der Waals surface area contributed by atoms with Gasteiger partial charge in [-0.3, -0.25) is 4.99 Å². The predicted molar refractivity (Wildman–Crippen MR) is 258 cm³/mol. The number of rotatable bonds is 35. The summed E-state index contributed by atoms with van der Waals surface area (Å²) in [5.74, 6) is 7.31. The minimum absolute atomic E-state index is 0. The first-order chi connectivity index (χ1) is 28.1. The molecule has 0 aliphatic heterocycles. The van der Waals surface area contributed by atoms with Crippen molar-refractivity contribution in [3.05, 3.63) is 58.7 Å². The van der Waals surface area contributed by atoms with E-state index in [1.54, 1.807) is 0 Å². The van der Waals surface area contributed by atoms with Crippen LogP contribution < -0.4 is 0 Å². The molecular formula is C55H90N2Pd. The van der Waals surface area contributed by atoms with Gasteiger partial charge >= 0.3 is 0 Å². The summed E-state index contributed by atoms with van der Waals surface area (Å²) < 4.78 is 0. The molecule has 2 nitrogen and oxygen atoms in total. The second kappa shape index (κ2) is 38.0. The summed E-state index contributed by atoms with van der Waals surface area (Å²) in [7, 11) is 0. The van der Waals surface area contributed by atoms with Gasteiger partial charge in [-0.25, -0.2) is 4.99 Å². The molecule has 0 aliphatic carbocycles. The molecule has 0 radical (unpaired) electrons. The Balaban J connectivity index is 0.0000168. The van der Waals surface area contributed by atoms with E-state index in [0.717, 1.165) is 67.7 Å². The smallest absolute Gasteiger partial charge is 0.135 e. The van der Waals surface area contributed by atoms with Gasteiger partial charge in [-0.2, -0.15) is 0 Å². The second-order valence-corrected chi connectivity index (χ2v) is 17.3. The van der Waals surface area contributed by atoms with Gasteiger partial charge in [0.25, 0.3) is 0 Å². The molecule has 0 unspecified atom stereocenters. The summed E-state index contributed by atoms with van der Waals surface area (Å²) in [5.41, 5.74) is 9.83. The third-order valence-corrected chi connectivity index (χ3v) is 11.5. The van der Waals surface area contributed by atoms with Crippen LogP contribution in [0, 0.1) is 11.8 Å². The minimum Gasteiger partial charge on any atom is -0.250 e. The maximum atomic E-state index is 5.51. The molecule has 0 fully saturated rings. The molecule has 0 saturated heterocycles. The van der Waals surface area contributed by atoms with E-state index in [2.05, 4.69) is 89.8 Å². The molecule has 0 aromatic heterocycles. The van der Waals surface area contributed by atoms with E-state index in [1.807, 2.05) is 0 Å². The van der Waals surface area contributed by atoms with E-state index in [1.165, 1.54) is 189 Å². The molecule has 0 aliphatic rings. The molecule has 2 aromatic rings. The molecule has 330 valence electrons. The van der Waals surface area contributed by atoms with Gasteiger partial charge in [0.1, 0.15) is 5.71 Å². The molecule has 0 N–H and O–H groups in total. The quantitative estimate of drug-likeness (QED) is 0.0285. The third kappa shape index (κ3) is 27.0. The fraction of sp³-hybridized carbons (Fsp3) is 0.709. The van der Waals surface area contributed by atoms with Gasteiger partial charge in [-0.15, -0.1) is 0 Å². The zero-order valence-electron chi connectivity index (χ0n) is 39.0. The zero-order chi connectivity index (χ0) is 41.0. The van der Waals surface area contributed by atoms with E-state index in [9.17, 15) is 0 Å². The van der Waals surface area contributed by atoms with E-state index in [-0.39, 0.29) is 20.4 Å². The SMILES string of the molecule is CCCCCCCCCCCCCCCCCC#CC(=Nc1cc(CCCC)cc(CCCC)c1)C(CCCCCC)=Nc1cc(CCCC)cc(CCCC)c1.[Pd]. The Morgan fingerprint density at radius 3 is 1.09 bits per heavy atom. The predicted octanol–water partition coefficient (Wildman–Crippen LogP) is 18.1. The molecule has 0 spiro atoms. The van der Waals surface area contributed by atoms with Crippen LogP contribution in [0.1, 0.15) is 250 Å². The van der Waals surface area contributed by atoms with E-state index >= 15 is 0 Å². The number of hydrogen-bond donors (Lipinski definition) is 0. The van der Waals surface area contributed by atoms with Gasteiger partial charge in [0.05, 0.1) is 17.1 Å². The zero-order valence-corrected chi connectivity index (χ0v) is 40.6. The normalized spacial score (nSPS) is 11.8. The second-order valence-electron chi connectivity index (χ2n) is 17.3. The molecule has 2 aromatic carbocycles. The van der Waals surface area contributed by atoms with Gasteiger partial charge in [0.15, 0.2) is 0 Å². The molecule has 0 saturated carbocycles. The number of aliphatic imine (C=N–C) groups is 2. The van der Waals surface area contributed by atoms with Crippen LogP contribution in [-0.2, 0) is 46.1 Å². The van der Waals surface area contributed by atoms with Crippen molar-refractivity contribution in [2.45, 2.75) is 253 Å². The maximum Gasteiger partial charge on any atom is 0.135 e. The Labute approximate surface area is 375 Å². The van der Waals surface area contributed by atoms with Crippen molar-refractivity contribution in [3.63, 3.8) is 0 Å². The Kier molecular flexibility index (Phi) is 35.4. The average molecular weight is 886 g/mol. The van der Waals surface area contributed by atoms with Crippen LogP contribution >= 0.6 is 0 Å². The fourth-order valence-electron chi connectivity index (χ4n) is 7.84. The van der Waals surface area contributed by atoms with E-state index in [0.29, 0.717) is 0 Å². The van der Waals surface area contributed by atoms with Crippen molar-refractivity contribution in [3.8, 4) is 11.8 Å². The molecule has 3 heteroatoms. The Morgan fingerprint density at radius 1 is 0.379 bits per heavy atom. The number of aryl methyl sites for hydroxylation is 4. The molecule has 58 heavy (non-hydrogen) atoms. The molecule has 0 heterocycles. The van der Waals surface area contributed by atoms with Crippen LogP contribution in [0.25, 0.3) is 0 Å². The van der Waals surface area contributed by atoms with Crippen molar-refractivity contribution < 1.29 is 20.4 Å². The molecular weight excluding hydrogens is 795 g/mol. The first-order valence-electron chi connectivity index (χ1n) is 25.0. The number of benzene rings is 2. The molecule has 0 bridgehead atoms. The number of hydrogen-bond acceptors (Lipinski definition) is 2. The van der Waals surface area contributed by atoms with Crippen molar-refractivity contribution >= 4 is 22.8 Å². The molecule has 0 atom stereocenters. The summed E-state index contributed by atoms with van der Waals surface area (Å²) in [6, 6.07) is 14.3. The van der Waals surface area contributed by atoms with Gasteiger partial charge in [0, 0.05) is 26.8 Å². The number of unbranched alkanes of at least 4 members (excludes halogenated alkanes) is 22. The summed E-state index contributed by atoms with van der Waals surface area (Å²) in [5, 5.41) is 0. The standard InChI is InChI=1S/C55H90N2.Pd/c1-7-13-19-21-22-23-24-25-26-27-28-29-30-31-32-33-35-41-55(57-53-46-50(38-17-11-5)43-51(47-53)39-18-12-6)54(40-34-20-14-8-2)56-52-44-48(36-15-9-3)42-49(45-52)37-16-10-4;/h42-47H,7-34,36-40H2,1-6H3;. The van der Waals surface area contributed by atoms with Crippen molar-refractivity contribution in [2.24, 2.45) is 9.98 Å². The van der Waals surface area contributed by atoms with Gasteiger partial charge in [0.2, 0.25) is 0 Å². The van der Waals surface area contributed by atoms with Crippen LogP contribution in [0.4, 0.5) is 11.4 Å². The monoisotopic (exact) mass is 885 g/mol. The van der Waals surface area contributed by atoms with Crippen LogP contribution in [0.5, 0.6) is 0 Å². The Morgan fingerprint density at radius 2 is 0.707 bits per heavy atom. The maximum absolute atomic E-state index is 5.51. The van der Waals surface area contributed by atoms with Crippen molar-refractivity contribution in [1.82, 2.24) is 0 Å². The third-order valence-electron chi connectivity index (χ3n) is 11.5.